The Morgan fingerprint density at radius 2 is 1.75 bits per heavy atom. The van der Waals surface area contributed by atoms with Gasteiger partial charge in [0.15, 0.2) is 0 Å². The van der Waals surface area contributed by atoms with Gasteiger partial charge in [-0.1, -0.05) is 60.5 Å². The van der Waals surface area contributed by atoms with Crippen LogP contribution in [0.4, 0.5) is 0 Å². The van der Waals surface area contributed by atoms with E-state index in [1.165, 1.54) is 24.8 Å². The minimum atomic E-state index is -0.458. The minimum Gasteiger partial charge on any atom is -0.366 e. The van der Waals surface area contributed by atoms with Crippen LogP contribution in [0.5, 0.6) is 0 Å². The second kappa shape index (κ2) is 8.15. The molecule has 0 amide bonds. The molecule has 1 saturated heterocycles. The molecule has 24 heavy (non-hydrogen) atoms. The summed E-state index contributed by atoms with van der Waals surface area (Å²) in [5.74, 6) is 0. The number of hydrogen-bond donors (Lipinski definition) is 1. The highest BCUT2D eigenvalue weighted by molar-refractivity contribution is 6.30. The van der Waals surface area contributed by atoms with Crippen LogP contribution in [0.15, 0.2) is 54.6 Å². The fourth-order valence-electron chi connectivity index (χ4n) is 3.43. The van der Waals surface area contributed by atoms with Gasteiger partial charge in [0, 0.05) is 17.7 Å². The van der Waals surface area contributed by atoms with Crippen LogP contribution >= 0.6 is 11.6 Å². The summed E-state index contributed by atoms with van der Waals surface area (Å²) in [6.07, 6.45) is 4.93. The summed E-state index contributed by atoms with van der Waals surface area (Å²) >= 11 is 6.06. The molecule has 1 N–H and O–H groups in total. The standard InChI is InChI=1S/C21H26ClNO/c1-21(17-7-3-2-4-8-17,18-10-12-19(22)13-11-18)24-16-14-20-9-5-6-15-23-20/h2-4,7-8,10-13,20,23H,5-6,9,14-16H2,1H3. The highest BCUT2D eigenvalue weighted by Gasteiger charge is 2.30. The first kappa shape index (κ1) is 17.5. The van der Waals surface area contributed by atoms with Crippen LogP contribution in [0, 0.1) is 0 Å². The topological polar surface area (TPSA) is 21.3 Å². The molecule has 1 aliphatic rings. The zero-order valence-electron chi connectivity index (χ0n) is 14.3. The SMILES string of the molecule is CC(OCCC1CCCCN1)(c1ccccc1)c1ccc(Cl)cc1. The molecule has 0 bridgehead atoms. The summed E-state index contributed by atoms with van der Waals surface area (Å²) in [6.45, 7) is 4.03. The monoisotopic (exact) mass is 343 g/mol. The Bertz CT molecular complexity index is 622. The predicted octanol–water partition coefficient (Wildman–Crippen LogP) is 5.15. The summed E-state index contributed by atoms with van der Waals surface area (Å²) in [5, 5.41) is 4.35. The smallest absolute Gasteiger partial charge is 0.115 e. The molecule has 2 atom stereocenters. The molecule has 1 fully saturated rings. The van der Waals surface area contributed by atoms with Gasteiger partial charge >= 0.3 is 0 Å². The Kier molecular flexibility index (Phi) is 5.94. The van der Waals surface area contributed by atoms with Crippen molar-refractivity contribution in [3.8, 4) is 0 Å². The second-order valence-corrected chi connectivity index (χ2v) is 7.13. The van der Waals surface area contributed by atoms with E-state index < -0.39 is 5.60 Å². The first-order valence-electron chi connectivity index (χ1n) is 8.87. The van der Waals surface area contributed by atoms with E-state index in [-0.39, 0.29) is 0 Å². The molecule has 3 rings (SSSR count). The van der Waals surface area contributed by atoms with Gasteiger partial charge in [-0.05, 0) is 56.0 Å². The van der Waals surface area contributed by atoms with Crippen LogP contribution < -0.4 is 5.32 Å². The normalized spacial score (nSPS) is 20.5. The molecule has 2 nitrogen and oxygen atoms in total. The molecule has 128 valence electrons. The minimum absolute atomic E-state index is 0.458. The van der Waals surface area contributed by atoms with Gasteiger partial charge < -0.3 is 10.1 Å². The number of hydrogen-bond acceptors (Lipinski definition) is 2. The molecule has 1 heterocycles. The lowest BCUT2D eigenvalue weighted by atomic mass is 9.88. The lowest BCUT2D eigenvalue weighted by molar-refractivity contribution is -0.00940. The lowest BCUT2D eigenvalue weighted by Gasteiger charge is -2.32. The molecule has 0 saturated carbocycles. The molecule has 0 aliphatic carbocycles. The van der Waals surface area contributed by atoms with Gasteiger partial charge in [-0.25, -0.2) is 0 Å². The molecule has 0 spiro atoms. The van der Waals surface area contributed by atoms with Gasteiger partial charge in [-0.15, -0.1) is 0 Å². The van der Waals surface area contributed by atoms with Crippen LogP contribution in [-0.2, 0) is 10.3 Å². The van der Waals surface area contributed by atoms with Crippen molar-refractivity contribution in [2.45, 2.75) is 44.2 Å². The Hall–Kier alpha value is -1.35. The third kappa shape index (κ3) is 4.18. The van der Waals surface area contributed by atoms with Gasteiger partial charge in [-0.3, -0.25) is 0 Å². The van der Waals surface area contributed by atoms with Crippen LogP contribution in [0.25, 0.3) is 0 Å². The number of nitrogens with one attached hydrogen (secondary N) is 1. The molecular formula is C21H26ClNO. The van der Waals surface area contributed by atoms with E-state index in [1.807, 2.05) is 18.2 Å². The maximum atomic E-state index is 6.46. The fourth-order valence-corrected chi connectivity index (χ4v) is 3.56. The summed E-state index contributed by atoms with van der Waals surface area (Å²) in [6, 6.07) is 19.0. The summed E-state index contributed by atoms with van der Waals surface area (Å²) in [5.41, 5.74) is 1.85. The summed E-state index contributed by atoms with van der Waals surface area (Å²) in [4.78, 5) is 0. The highest BCUT2D eigenvalue weighted by Crippen LogP contribution is 2.34. The van der Waals surface area contributed by atoms with Crippen molar-refractivity contribution in [2.24, 2.45) is 0 Å². The maximum absolute atomic E-state index is 6.46. The first-order valence-corrected chi connectivity index (χ1v) is 9.25. The number of benzene rings is 2. The molecule has 0 radical (unpaired) electrons. The van der Waals surface area contributed by atoms with E-state index in [9.17, 15) is 0 Å². The van der Waals surface area contributed by atoms with Crippen LogP contribution in [-0.4, -0.2) is 19.2 Å². The van der Waals surface area contributed by atoms with Gasteiger partial charge in [-0.2, -0.15) is 0 Å². The zero-order valence-corrected chi connectivity index (χ0v) is 15.1. The van der Waals surface area contributed by atoms with E-state index in [1.54, 1.807) is 0 Å². The number of ether oxygens (including phenoxy) is 1. The Balaban J connectivity index is 1.76. The zero-order chi connectivity index (χ0) is 16.8. The van der Waals surface area contributed by atoms with Crippen molar-refractivity contribution in [2.75, 3.05) is 13.2 Å². The van der Waals surface area contributed by atoms with Crippen molar-refractivity contribution in [3.63, 3.8) is 0 Å². The van der Waals surface area contributed by atoms with E-state index in [4.69, 9.17) is 16.3 Å². The van der Waals surface area contributed by atoms with Crippen LogP contribution in [0.1, 0.15) is 43.7 Å². The fraction of sp³-hybridized carbons (Fsp3) is 0.429. The molecule has 2 aromatic carbocycles. The molecule has 2 unspecified atom stereocenters. The van der Waals surface area contributed by atoms with E-state index in [2.05, 4.69) is 48.6 Å². The number of rotatable bonds is 6. The third-order valence-electron chi connectivity index (χ3n) is 4.99. The van der Waals surface area contributed by atoms with Crippen LogP contribution in [0.3, 0.4) is 0 Å². The lowest BCUT2D eigenvalue weighted by Crippen LogP contribution is -2.36. The Labute approximate surface area is 150 Å². The van der Waals surface area contributed by atoms with Crippen molar-refractivity contribution in [1.82, 2.24) is 5.32 Å². The quantitative estimate of drug-likeness (QED) is 0.782. The first-order chi connectivity index (χ1) is 11.7. The Morgan fingerprint density at radius 3 is 2.42 bits per heavy atom. The van der Waals surface area contributed by atoms with E-state index >= 15 is 0 Å². The highest BCUT2D eigenvalue weighted by atomic mass is 35.5. The molecule has 0 aromatic heterocycles. The third-order valence-corrected chi connectivity index (χ3v) is 5.24. The average molecular weight is 344 g/mol. The van der Waals surface area contributed by atoms with Crippen molar-refractivity contribution < 1.29 is 4.74 Å². The van der Waals surface area contributed by atoms with Gasteiger partial charge in [0.2, 0.25) is 0 Å². The van der Waals surface area contributed by atoms with Crippen LogP contribution in [0.2, 0.25) is 5.02 Å². The van der Waals surface area contributed by atoms with E-state index in [0.29, 0.717) is 6.04 Å². The predicted molar refractivity (Wildman–Crippen MR) is 101 cm³/mol. The van der Waals surface area contributed by atoms with Crippen molar-refractivity contribution >= 4 is 11.6 Å². The molecule has 3 heteroatoms. The average Bonchev–Trinajstić information content (AvgIpc) is 2.64. The number of halogens is 1. The van der Waals surface area contributed by atoms with Gasteiger partial charge in [0.05, 0.1) is 0 Å². The molecule has 1 aliphatic heterocycles. The second-order valence-electron chi connectivity index (χ2n) is 6.69. The largest absolute Gasteiger partial charge is 0.366 e. The maximum Gasteiger partial charge on any atom is 0.115 e. The Morgan fingerprint density at radius 1 is 1.04 bits per heavy atom. The summed E-state index contributed by atoms with van der Waals surface area (Å²) < 4.78 is 6.46. The molecular weight excluding hydrogens is 318 g/mol. The van der Waals surface area contributed by atoms with Crippen molar-refractivity contribution in [1.29, 1.82) is 0 Å². The van der Waals surface area contributed by atoms with Gasteiger partial charge in [0.25, 0.3) is 0 Å². The van der Waals surface area contributed by atoms with E-state index in [0.717, 1.165) is 30.2 Å². The number of piperidine rings is 1. The molecule has 2 aromatic rings. The van der Waals surface area contributed by atoms with Gasteiger partial charge in [0.1, 0.15) is 5.60 Å². The van der Waals surface area contributed by atoms with Crippen molar-refractivity contribution in [3.05, 3.63) is 70.7 Å². The summed E-state index contributed by atoms with van der Waals surface area (Å²) in [7, 11) is 0.